The van der Waals surface area contributed by atoms with Gasteiger partial charge in [0.1, 0.15) is 17.3 Å². The number of rotatable bonds is 7. The van der Waals surface area contributed by atoms with Gasteiger partial charge in [-0.15, -0.1) is 0 Å². The Morgan fingerprint density at radius 2 is 2.20 bits per heavy atom. The van der Waals surface area contributed by atoms with Crippen molar-refractivity contribution in [3.63, 3.8) is 0 Å². The van der Waals surface area contributed by atoms with Crippen LogP contribution in [0.2, 0.25) is 0 Å². The van der Waals surface area contributed by atoms with Crippen LogP contribution in [0.15, 0.2) is 22.6 Å². The summed E-state index contributed by atoms with van der Waals surface area (Å²) in [4.78, 5) is 14.7. The summed E-state index contributed by atoms with van der Waals surface area (Å²) < 4.78 is 7.72. The van der Waals surface area contributed by atoms with E-state index in [-0.39, 0.29) is 5.91 Å². The molecule has 2 aromatic rings. The SMILES string of the molecule is Cc1cc(NC(=O)CN(Cc2ccc(C3CC3C)o2)C2CC2)n(C)n1. The number of anilines is 1. The van der Waals surface area contributed by atoms with E-state index < -0.39 is 0 Å². The fraction of sp³-hybridized carbons (Fsp3) is 0.579. The molecule has 2 aliphatic carbocycles. The number of carbonyl (C=O) groups excluding carboxylic acids is 1. The van der Waals surface area contributed by atoms with E-state index in [1.54, 1.807) is 4.68 Å². The number of aryl methyl sites for hydroxylation is 2. The van der Waals surface area contributed by atoms with E-state index in [2.05, 4.69) is 34.4 Å². The van der Waals surface area contributed by atoms with Crippen molar-refractivity contribution in [2.75, 3.05) is 11.9 Å². The third-order valence-electron chi connectivity index (χ3n) is 5.20. The van der Waals surface area contributed by atoms with E-state index in [0.717, 1.165) is 41.8 Å². The first-order valence-corrected chi connectivity index (χ1v) is 9.12. The smallest absolute Gasteiger partial charge is 0.239 e. The molecule has 2 heterocycles. The zero-order valence-electron chi connectivity index (χ0n) is 15.2. The number of carbonyl (C=O) groups is 1. The first-order chi connectivity index (χ1) is 12.0. The van der Waals surface area contributed by atoms with Gasteiger partial charge in [0.15, 0.2) is 0 Å². The van der Waals surface area contributed by atoms with Crippen LogP contribution in [0.25, 0.3) is 0 Å². The maximum absolute atomic E-state index is 12.4. The van der Waals surface area contributed by atoms with Crippen LogP contribution in [0.3, 0.4) is 0 Å². The number of furan rings is 1. The molecule has 2 fully saturated rings. The Balaban J connectivity index is 1.37. The third kappa shape index (κ3) is 3.79. The summed E-state index contributed by atoms with van der Waals surface area (Å²) in [7, 11) is 1.84. The summed E-state index contributed by atoms with van der Waals surface area (Å²) in [6.45, 7) is 5.25. The van der Waals surface area contributed by atoms with Gasteiger partial charge in [0.25, 0.3) is 0 Å². The predicted octanol–water partition coefficient (Wildman–Crippen LogP) is 3.05. The second-order valence-electron chi connectivity index (χ2n) is 7.60. The number of nitrogens with one attached hydrogen (secondary N) is 1. The Morgan fingerprint density at radius 1 is 1.44 bits per heavy atom. The topological polar surface area (TPSA) is 63.3 Å². The first kappa shape index (κ1) is 16.4. The number of nitrogens with zero attached hydrogens (tertiary/aromatic N) is 3. The van der Waals surface area contributed by atoms with Crippen LogP contribution in [-0.2, 0) is 18.4 Å². The first-order valence-electron chi connectivity index (χ1n) is 9.12. The highest BCUT2D eigenvalue weighted by molar-refractivity contribution is 5.91. The normalized spacial score (nSPS) is 22.4. The molecule has 4 rings (SSSR count). The summed E-state index contributed by atoms with van der Waals surface area (Å²) in [5.74, 6) is 4.14. The van der Waals surface area contributed by atoms with Gasteiger partial charge in [-0.1, -0.05) is 6.92 Å². The molecular weight excluding hydrogens is 316 g/mol. The van der Waals surface area contributed by atoms with Crippen LogP contribution in [0, 0.1) is 12.8 Å². The molecule has 0 radical (unpaired) electrons. The average molecular weight is 342 g/mol. The summed E-state index contributed by atoms with van der Waals surface area (Å²) in [6.07, 6.45) is 3.54. The van der Waals surface area contributed by atoms with E-state index in [9.17, 15) is 4.79 Å². The van der Waals surface area contributed by atoms with Crippen molar-refractivity contribution in [3.8, 4) is 0 Å². The Morgan fingerprint density at radius 3 is 2.80 bits per heavy atom. The quantitative estimate of drug-likeness (QED) is 0.840. The van der Waals surface area contributed by atoms with Gasteiger partial charge in [-0.05, 0) is 44.2 Å². The fourth-order valence-electron chi connectivity index (χ4n) is 3.45. The molecule has 0 spiro atoms. The van der Waals surface area contributed by atoms with Crippen molar-refractivity contribution in [2.24, 2.45) is 13.0 Å². The highest BCUT2D eigenvalue weighted by atomic mass is 16.3. The molecule has 1 amide bonds. The second-order valence-corrected chi connectivity index (χ2v) is 7.60. The molecule has 0 saturated heterocycles. The molecule has 6 heteroatoms. The van der Waals surface area contributed by atoms with E-state index in [1.807, 2.05) is 20.0 Å². The zero-order chi connectivity index (χ0) is 17.6. The number of hydrogen-bond acceptors (Lipinski definition) is 4. The monoisotopic (exact) mass is 342 g/mol. The molecule has 2 atom stereocenters. The van der Waals surface area contributed by atoms with Crippen molar-refractivity contribution < 1.29 is 9.21 Å². The van der Waals surface area contributed by atoms with Gasteiger partial charge >= 0.3 is 0 Å². The van der Waals surface area contributed by atoms with E-state index in [1.165, 1.54) is 6.42 Å². The fourth-order valence-corrected chi connectivity index (χ4v) is 3.45. The summed E-state index contributed by atoms with van der Waals surface area (Å²) in [5.41, 5.74) is 0.897. The molecule has 2 aromatic heterocycles. The maximum atomic E-state index is 12.4. The van der Waals surface area contributed by atoms with Crippen molar-refractivity contribution in [3.05, 3.63) is 35.4 Å². The standard InChI is InChI=1S/C19H26N4O2/c1-12-8-16(12)17-7-6-15(25-17)10-23(14-4-5-14)11-19(24)20-18-9-13(2)21-22(18)3/h6-7,9,12,14,16H,4-5,8,10-11H2,1-3H3,(H,20,24). The molecule has 2 aliphatic rings. The number of aromatic nitrogens is 2. The zero-order valence-corrected chi connectivity index (χ0v) is 15.2. The molecule has 25 heavy (non-hydrogen) atoms. The molecule has 0 aromatic carbocycles. The lowest BCUT2D eigenvalue weighted by molar-refractivity contribution is -0.117. The summed E-state index contributed by atoms with van der Waals surface area (Å²) >= 11 is 0. The maximum Gasteiger partial charge on any atom is 0.239 e. The van der Waals surface area contributed by atoms with Crippen molar-refractivity contribution in [1.82, 2.24) is 14.7 Å². The molecule has 0 bridgehead atoms. The van der Waals surface area contributed by atoms with Crippen molar-refractivity contribution >= 4 is 11.7 Å². The Bertz CT molecular complexity index is 774. The van der Waals surface area contributed by atoms with Crippen molar-refractivity contribution in [1.29, 1.82) is 0 Å². The van der Waals surface area contributed by atoms with Crippen LogP contribution in [0.4, 0.5) is 5.82 Å². The lowest BCUT2D eigenvalue weighted by Crippen LogP contribution is -2.34. The van der Waals surface area contributed by atoms with Gasteiger partial charge in [0, 0.05) is 25.1 Å². The summed E-state index contributed by atoms with van der Waals surface area (Å²) in [5, 5.41) is 7.22. The minimum atomic E-state index is -0.00232. The predicted molar refractivity (Wildman–Crippen MR) is 95.2 cm³/mol. The van der Waals surface area contributed by atoms with Crippen LogP contribution in [-0.4, -0.2) is 33.2 Å². The molecule has 6 nitrogen and oxygen atoms in total. The molecule has 2 unspecified atom stereocenters. The average Bonchev–Trinajstić information content (AvgIpc) is 3.44. The van der Waals surface area contributed by atoms with Crippen LogP contribution >= 0.6 is 0 Å². The van der Waals surface area contributed by atoms with Gasteiger partial charge < -0.3 is 9.73 Å². The highest BCUT2D eigenvalue weighted by Gasteiger charge is 2.37. The van der Waals surface area contributed by atoms with Crippen molar-refractivity contribution in [2.45, 2.75) is 51.6 Å². The molecule has 0 aliphatic heterocycles. The Hall–Kier alpha value is -2.08. The van der Waals surface area contributed by atoms with Gasteiger partial charge in [0.2, 0.25) is 5.91 Å². The second kappa shape index (κ2) is 6.33. The summed E-state index contributed by atoms with van der Waals surface area (Å²) in [6, 6.07) is 6.55. The van der Waals surface area contributed by atoms with E-state index in [0.29, 0.717) is 25.0 Å². The lowest BCUT2D eigenvalue weighted by atomic mass is 10.3. The number of hydrogen-bond donors (Lipinski definition) is 1. The highest BCUT2D eigenvalue weighted by Crippen LogP contribution is 2.47. The third-order valence-corrected chi connectivity index (χ3v) is 5.20. The minimum absolute atomic E-state index is 0.00232. The lowest BCUT2D eigenvalue weighted by Gasteiger charge is -2.20. The van der Waals surface area contributed by atoms with E-state index >= 15 is 0 Å². The molecule has 134 valence electrons. The molecule has 1 N–H and O–H groups in total. The van der Waals surface area contributed by atoms with E-state index in [4.69, 9.17) is 4.42 Å². The largest absolute Gasteiger partial charge is 0.464 e. The van der Waals surface area contributed by atoms with Crippen LogP contribution in [0.1, 0.15) is 49.3 Å². The van der Waals surface area contributed by atoms with Gasteiger partial charge in [0.05, 0.1) is 18.8 Å². The Kier molecular flexibility index (Phi) is 4.15. The minimum Gasteiger partial charge on any atom is -0.464 e. The molecule has 2 saturated carbocycles. The van der Waals surface area contributed by atoms with Gasteiger partial charge in [-0.2, -0.15) is 5.10 Å². The van der Waals surface area contributed by atoms with Gasteiger partial charge in [-0.25, -0.2) is 0 Å². The Labute approximate surface area is 148 Å². The molecular formula is C19H26N4O2. The van der Waals surface area contributed by atoms with Gasteiger partial charge in [-0.3, -0.25) is 14.4 Å². The number of amides is 1. The van der Waals surface area contributed by atoms with Crippen LogP contribution in [0.5, 0.6) is 0 Å². The van der Waals surface area contributed by atoms with Crippen LogP contribution < -0.4 is 5.32 Å².